The van der Waals surface area contributed by atoms with Crippen LogP contribution in [0, 0.1) is 0 Å². The number of Topliss-reactive ketones (excluding diaryl/α,β-unsaturated/α-hetero) is 1. The average Bonchev–Trinajstić information content (AvgIpc) is 2.61. The second-order valence-corrected chi connectivity index (χ2v) is 7.20. The van der Waals surface area contributed by atoms with Gasteiger partial charge >= 0.3 is 13.0 Å². The van der Waals surface area contributed by atoms with E-state index in [0.717, 1.165) is 31.4 Å². The fourth-order valence-electron chi connectivity index (χ4n) is 3.72. The predicted octanol–water partition coefficient (Wildman–Crippen LogP) is 2.89. The Labute approximate surface area is 150 Å². The van der Waals surface area contributed by atoms with Crippen molar-refractivity contribution >= 4 is 18.8 Å². The van der Waals surface area contributed by atoms with Crippen LogP contribution in [-0.2, 0) is 9.53 Å². The van der Waals surface area contributed by atoms with Crippen LogP contribution in [0.4, 0.5) is 0 Å². The lowest BCUT2D eigenvalue weighted by atomic mass is 9.71. The van der Waals surface area contributed by atoms with Crippen LogP contribution in [0.5, 0.6) is 0 Å². The molecule has 1 aromatic carbocycles. The monoisotopic (exact) mass is 345 g/mol. The van der Waals surface area contributed by atoms with Crippen molar-refractivity contribution < 1.29 is 19.3 Å². The van der Waals surface area contributed by atoms with Gasteiger partial charge in [-0.3, -0.25) is 4.79 Å². The third-order valence-electron chi connectivity index (χ3n) is 5.39. The summed E-state index contributed by atoms with van der Waals surface area (Å²) < 4.78 is 4.71. The summed E-state index contributed by atoms with van der Waals surface area (Å²) in [5.74, 6) is -0.149. The van der Waals surface area contributed by atoms with Crippen LogP contribution in [0.15, 0.2) is 24.3 Å². The van der Waals surface area contributed by atoms with Crippen LogP contribution in [0.25, 0.3) is 0 Å². The summed E-state index contributed by atoms with van der Waals surface area (Å²) in [6.07, 6.45) is 3.22. The first-order chi connectivity index (χ1) is 11.8. The first kappa shape index (κ1) is 19.7. The number of benzene rings is 1. The zero-order valence-electron chi connectivity index (χ0n) is 15.6. The number of carbonyl (C=O) groups is 2. The lowest BCUT2D eigenvalue weighted by molar-refractivity contribution is -0.130. The third kappa shape index (κ3) is 4.31. The number of nitrogens with zero attached hydrogens (tertiary/aromatic N) is 1. The van der Waals surface area contributed by atoms with Gasteiger partial charge in [-0.1, -0.05) is 19.1 Å². The standard InChI is InChI=1S/C19H28BNO4/c1-14(15-7-9-16(10-8-15)18(23)25-4)13-17(22)19(2)11-5-6-12-21(19)20(3)24/h7-10,14,24H,5-6,11-13H2,1-4H3/t14-,19?/m1/s1. The number of piperidine rings is 1. The molecule has 1 heterocycles. The van der Waals surface area contributed by atoms with Gasteiger partial charge in [-0.2, -0.15) is 0 Å². The van der Waals surface area contributed by atoms with E-state index in [9.17, 15) is 14.6 Å². The van der Waals surface area contributed by atoms with Crippen molar-refractivity contribution in [1.29, 1.82) is 0 Å². The number of rotatable bonds is 6. The number of ketones is 1. The van der Waals surface area contributed by atoms with Gasteiger partial charge in [0.2, 0.25) is 0 Å². The molecule has 0 amide bonds. The van der Waals surface area contributed by atoms with Crippen molar-refractivity contribution in [3.05, 3.63) is 35.4 Å². The molecule has 1 aliphatic rings. The van der Waals surface area contributed by atoms with Gasteiger partial charge in [0.1, 0.15) is 0 Å². The molecule has 2 atom stereocenters. The highest BCUT2D eigenvalue weighted by atomic mass is 16.5. The molecule has 1 unspecified atom stereocenters. The minimum absolute atomic E-state index is 0.0498. The largest absolute Gasteiger partial charge is 0.465 e. The molecule has 25 heavy (non-hydrogen) atoms. The van der Waals surface area contributed by atoms with Crippen LogP contribution in [0.2, 0.25) is 6.82 Å². The van der Waals surface area contributed by atoms with E-state index in [2.05, 4.69) is 0 Å². The molecule has 1 aromatic rings. The Balaban J connectivity index is 2.09. The fraction of sp³-hybridized carbons (Fsp3) is 0.579. The van der Waals surface area contributed by atoms with Crippen LogP contribution in [0.1, 0.15) is 61.4 Å². The van der Waals surface area contributed by atoms with Crippen LogP contribution in [0.3, 0.4) is 0 Å². The fourth-order valence-corrected chi connectivity index (χ4v) is 3.72. The van der Waals surface area contributed by atoms with Crippen LogP contribution >= 0.6 is 0 Å². The molecule has 1 aliphatic heterocycles. The van der Waals surface area contributed by atoms with Gasteiger partial charge in [0.25, 0.3) is 0 Å². The molecule has 2 rings (SSSR count). The maximum Gasteiger partial charge on any atom is 0.377 e. The second-order valence-electron chi connectivity index (χ2n) is 7.20. The maximum atomic E-state index is 13.0. The molecule has 0 bridgehead atoms. The second kappa shape index (κ2) is 8.15. The Hall–Kier alpha value is -1.66. The minimum Gasteiger partial charge on any atom is -0.465 e. The number of esters is 1. The quantitative estimate of drug-likeness (QED) is 0.634. The molecule has 0 aromatic heterocycles. The van der Waals surface area contributed by atoms with Gasteiger partial charge in [0.05, 0.1) is 18.2 Å². The number of hydrogen-bond acceptors (Lipinski definition) is 5. The molecular formula is C19H28BNO4. The van der Waals surface area contributed by atoms with Crippen molar-refractivity contribution in [1.82, 2.24) is 4.81 Å². The van der Waals surface area contributed by atoms with E-state index in [1.54, 1.807) is 19.0 Å². The van der Waals surface area contributed by atoms with E-state index in [1.807, 2.05) is 30.8 Å². The molecule has 5 nitrogen and oxygen atoms in total. The summed E-state index contributed by atoms with van der Waals surface area (Å²) in [6.45, 7) is 6.45. The van der Waals surface area contributed by atoms with E-state index in [4.69, 9.17) is 4.74 Å². The summed E-state index contributed by atoms with van der Waals surface area (Å²) in [5.41, 5.74) is 0.917. The zero-order valence-corrected chi connectivity index (χ0v) is 15.6. The maximum absolute atomic E-state index is 13.0. The molecule has 0 aliphatic carbocycles. The van der Waals surface area contributed by atoms with E-state index in [0.29, 0.717) is 12.0 Å². The topological polar surface area (TPSA) is 66.8 Å². The minimum atomic E-state index is -0.621. The van der Waals surface area contributed by atoms with Crippen molar-refractivity contribution in [2.45, 2.75) is 57.8 Å². The third-order valence-corrected chi connectivity index (χ3v) is 5.39. The van der Waals surface area contributed by atoms with Gasteiger partial charge in [-0.05, 0) is 63.2 Å². The van der Waals surface area contributed by atoms with Crippen molar-refractivity contribution in [3.8, 4) is 0 Å². The van der Waals surface area contributed by atoms with Crippen molar-refractivity contribution in [3.63, 3.8) is 0 Å². The van der Waals surface area contributed by atoms with Gasteiger partial charge in [-0.15, -0.1) is 0 Å². The number of methoxy groups -OCH3 is 1. The molecule has 6 heteroatoms. The Morgan fingerprint density at radius 3 is 2.52 bits per heavy atom. The number of ether oxygens (including phenoxy) is 1. The Morgan fingerprint density at radius 1 is 1.32 bits per heavy atom. The summed E-state index contributed by atoms with van der Waals surface area (Å²) in [6, 6.07) is 7.21. The Kier molecular flexibility index (Phi) is 6.41. The summed E-state index contributed by atoms with van der Waals surface area (Å²) in [5, 5.41) is 10.0. The molecule has 1 saturated heterocycles. The van der Waals surface area contributed by atoms with Crippen LogP contribution < -0.4 is 0 Å². The SMILES string of the molecule is COC(=O)c1ccc([C@H](C)CC(=O)C2(C)CCCCN2B(C)O)cc1. The molecule has 136 valence electrons. The van der Waals surface area contributed by atoms with Crippen LogP contribution in [-0.4, -0.2) is 47.8 Å². The lowest BCUT2D eigenvalue weighted by Crippen LogP contribution is -2.60. The summed E-state index contributed by atoms with van der Waals surface area (Å²) in [4.78, 5) is 26.5. The first-order valence-corrected chi connectivity index (χ1v) is 8.96. The van der Waals surface area contributed by atoms with Gasteiger partial charge in [-0.25, -0.2) is 4.79 Å². The summed E-state index contributed by atoms with van der Waals surface area (Å²) in [7, 11) is 0.736. The zero-order chi connectivity index (χ0) is 18.6. The molecular weight excluding hydrogens is 317 g/mol. The highest BCUT2D eigenvalue weighted by Gasteiger charge is 2.43. The number of carbonyl (C=O) groups excluding carboxylic acids is 2. The van der Waals surface area contributed by atoms with Gasteiger partial charge in [0.15, 0.2) is 5.78 Å². The highest BCUT2D eigenvalue weighted by molar-refractivity contribution is 6.46. The molecule has 0 radical (unpaired) electrons. The smallest absolute Gasteiger partial charge is 0.377 e. The van der Waals surface area contributed by atoms with E-state index < -0.39 is 12.6 Å². The van der Waals surface area contributed by atoms with E-state index >= 15 is 0 Å². The van der Waals surface area contributed by atoms with E-state index in [-0.39, 0.29) is 17.7 Å². The van der Waals surface area contributed by atoms with Crippen molar-refractivity contribution in [2.75, 3.05) is 13.7 Å². The highest BCUT2D eigenvalue weighted by Crippen LogP contribution is 2.33. The number of hydrogen-bond donors (Lipinski definition) is 1. The molecule has 0 spiro atoms. The molecule has 1 N–H and O–H groups in total. The Morgan fingerprint density at radius 2 is 1.96 bits per heavy atom. The average molecular weight is 345 g/mol. The molecule has 0 saturated carbocycles. The predicted molar refractivity (Wildman–Crippen MR) is 98.6 cm³/mol. The normalized spacial score (nSPS) is 22.3. The Bertz CT molecular complexity index is 616. The molecule has 1 fully saturated rings. The van der Waals surface area contributed by atoms with E-state index in [1.165, 1.54) is 7.11 Å². The van der Waals surface area contributed by atoms with Gasteiger partial charge in [0, 0.05) is 6.42 Å². The summed E-state index contributed by atoms with van der Waals surface area (Å²) >= 11 is 0. The van der Waals surface area contributed by atoms with Crippen molar-refractivity contribution in [2.24, 2.45) is 0 Å². The first-order valence-electron chi connectivity index (χ1n) is 8.96. The lowest BCUT2D eigenvalue weighted by Gasteiger charge is -2.45. The van der Waals surface area contributed by atoms with Gasteiger partial charge < -0.3 is 14.6 Å².